The maximum absolute atomic E-state index is 11.2. The van der Waals surface area contributed by atoms with Gasteiger partial charge in [0.2, 0.25) is 0 Å². The van der Waals surface area contributed by atoms with Gasteiger partial charge in [0.05, 0.1) is 12.1 Å². The van der Waals surface area contributed by atoms with E-state index in [0.29, 0.717) is 21.5 Å². The summed E-state index contributed by atoms with van der Waals surface area (Å²) >= 11 is 11.9. The standard InChI is InChI=1S/C17H14Cl2O3/c1-11(9-17(20)21-2)12-3-6-14(7-4-12)22-16-8-5-13(18)10-15(16)19/h3-10H,1-2H3. The van der Waals surface area contributed by atoms with E-state index in [1.54, 1.807) is 30.3 Å². The molecule has 0 aromatic heterocycles. The van der Waals surface area contributed by atoms with Crippen LogP contribution in [0.1, 0.15) is 12.5 Å². The largest absolute Gasteiger partial charge is 0.466 e. The number of hydrogen-bond acceptors (Lipinski definition) is 3. The first-order valence-electron chi connectivity index (χ1n) is 6.49. The Morgan fingerprint density at radius 2 is 1.77 bits per heavy atom. The Balaban J connectivity index is 2.15. The fourth-order valence-corrected chi connectivity index (χ4v) is 2.24. The SMILES string of the molecule is COC(=O)C=C(C)c1ccc(Oc2ccc(Cl)cc2Cl)cc1. The summed E-state index contributed by atoms with van der Waals surface area (Å²) in [6, 6.07) is 12.4. The third-order valence-corrected chi connectivity index (χ3v) is 3.50. The van der Waals surface area contributed by atoms with Crippen LogP contribution in [0.4, 0.5) is 0 Å². The van der Waals surface area contributed by atoms with E-state index in [-0.39, 0.29) is 5.97 Å². The fourth-order valence-electron chi connectivity index (χ4n) is 1.79. The zero-order valence-electron chi connectivity index (χ0n) is 12.1. The van der Waals surface area contributed by atoms with E-state index in [2.05, 4.69) is 4.74 Å². The molecule has 0 unspecified atom stereocenters. The predicted molar refractivity (Wildman–Crippen MR) is 88.6 cm³/mol. The lowest BCUT2D eigenvalue weighted by molar-refractivity contribution is -0.134. The lowest BCUT2D eigenvalue weighted by atomic mass is 10.1. The first kappa shape index (κ1) is 16.4. The van der Waals surface area contributed by atoms with Crippen molar-refractivity contribution in [3.8, 4) is 11.5 Å². The number of ether oxygens (including phenoxy) is 2. The topological polar surface area (TPSA) is 35.5 Å². The van der Waals surface area contributed by atoms with Crippen LogP contribution in [0.3, 0.4) is 0 Å². The van der Waals surface area contributed by atoms with Gasteiger partial charge in [0, 0.05) is 11.1 Å². The molecule has 0 heterocycles. The Kier molecular flexibility index (Phi) is 5.47. The minimum absolute atomic E-state index is 0.384. The van der Waals surface area contributed by atoms with Gasteiger partial charge in [-0.05, 0) is 48.4 Å². The molecule has 0 aliphatic rings. The molecule has 2 rings (SSSR count). The molecule has 0 spiro atoms. The van der Waals surface area contributed by atoms with Crippen LogP contribution >= 0.6 is 23.2 Å². The average molecular weight is 337 g/mol. The van der Waals surface area contributed by atoms with Gasteiger partial charge < -0.3 is 9.47 Å². The van der Waals surface area contributed by atoms with Gasteiger partial charge in [-0.15, -0.1) is 0 Å². The third-order valence-electron chi connectivity index (χ3n) is 2.97. The Morgan fingerprint density at radius 1 is 1.09 bits per heavy atom. The van der Waals surface area contributed by atoms with Crippen molar-refractivity contribution >= 4 is 34.7 Å². The maximum Gasteiger partial charge on any atom is 0.330 e. The van der Waals surface area contributed by atoms with Gasteiger partial charge in [-0.25, -0.2) is 4.79 Å². The molecule has 0 saturated carbocycles. The number of halogens is 2. The van der Waals surface area contributed by atoms with Crippen molar-refractivity contribution < 1.29 is 14.3 Å². The van der Waals surface area contributed by atoms with E-state index in [4.69, 9.17) is 27.9 Å². The molecule has 0 atom stereocenters. The quantitative estimate of drug-likeness (QED) is 0.556. The lowest BCUT2D eigenvalue weighted by Gasteiger charge is -2.09. The second-order valence-electron chi connectivity index (χ2n) is 4.55. The molecule has 114 valence electrons. The molecule has 0 bridgehead atoms. The monoisotopic (exact) mass is 336 g/mol. The van der Waals surface area contributed by atoms with E-state index in [1.165, 1.54) is 13.2 Å². The van der Waals surface area contributed by atoms with Gasteiger partial charge in [-0.1, -0.05) is 35.3 Å². The molecule has 0 N–H and O–H groups in total. The molecule has 3 nitrogen and oxygen atoms in total. The molecule has 0 saturated heterocycles. The van der Waals surface area contributed by atoms with Crippen LogP contribution in [0.5, 0.6) is 11.5 Å². The van der Waals surface area contributed by atoms with Gasteiger partial charge in [0.1, 0.15) is 11.5 Å². The normalized spacial score (nSPS) is 11.2. The summed E-state index contributed by atoms with van der Waals surface area (Å²) < 4.78 is 10.3. The molecule has 2 aromatic rings. The van der Waals surface area contributed by atoms with Crippen molar-refractivity contribution in [2.24, 2.45) is 0 Å². The number of carbonyl (C=O) groups is 1. The number of rotatable bonds is 4. The summed E-state index contributed by atoms with van der Waals surface area (Å²) in [5.74, 6) is 0.783. The van der Waals surface area contributed by atoms with Crippen molar-refractivity contribution in [3.63, 3.8) is 0 Å². The van der Waals surface area contributed by atoms with Gasteiger partial charge in [0.15, 0.2) is 0 Å². The molecule has 2 aromatic carbocycles. The van der Waals surface area contributed by atoms with Crippen molar-refractivity contribution in [1.29, 1.82) is 0 Å². The van der Waals surface area contributed by atoms with Gasteiger partial charge >= 0.3 is 5.97 Å². The highest BCUT2D eigenvalue weighted by Crippen LogP contribution is 2.32. The summed E-state index contributed by atoms with van der Waals surface area (Å²) in [5.41, 5.74) is 1.71. The first-order valence-corrected chi connectivity index (χ1v) is 7.25. The molecule has 0 radical (unpaired) electrons. The van der Waals surface area contributed by atoms with Crippen molar-refractivity contribution in [3.05, 3.63) is 64.1 Å². The van der Waals surface area contributed by atoms with E-state index in [0.717, 1.165) is 11.1 Å². The molecular weight excluding hydrogens is 323 g/mol. The molecule has 5 heteroatoms. The van der Waals surface area contributed by atoms with Crippen LogP contribution in [0, 0.1) is 0 Å². The summed E-state index contributed by atoms with van der Waals surface area (Å²) in [5, 5.41) is 0.995. The molecule has 0 aliphatic heterocycles. The second kappa shape index (κ2) is 7.34. The number of benzene rings is 2. The zero-order chi connectivity index (χ0) is 16.1. The number of esters is 1. The minimum Gasteiger partial charge on any atom is -0.466 e. The van der Waals surface area contributed by atoms with E-state index in [1.807, 2.05) is 19.1 Å². The lowest BCUT2D eigenvalue weighted by Crippen LogP contribution is -1.95. The van der Waals surface area contributed by atoms with Crippen LogP contribution < -0.4 is 4.74 Å². The van der Waals surface area contributed by atoms with Crippen LogP contribution in [0.15, 0.2) is 48.5 Å². The van der Waals surface area contributed by atoms with Gasteiger partial charge in [0.25, 0.3) is 0 Å². The number of methoxy groups -OCH3 is 1. The summed E-state index contributed by atoms with van der Waals surface area (Å²) in [4.78, 5) is 11.2. The summed E-state index contributed by atoms with van der Waals surface area (Å²) in [6.07, 6.45) is 1.44. The maximum atomic E-state index is 11.2. The molecular formula is C17H14Cl2O3. The smallest absolute Gasteiger partial charge is 0.330 e. The highest BCUT2D eigenvalue weighted by molar-refractivity contribution is 6.35. The van der Waals surface area contributed by atoms with Crippen molar-refractivity contribution in [1.82, 2.24) is 0 Å². The molecule has 0 aliphatic carbocycles. The third kappa shape index (κ3) is 4.26. The van der Waals surface area contributed by atoms with Gasteiger partial charge in [-0.3, -0.25) is 0 Å². The minimum atomic E-state index is -0.384. The summed E-state index contributed by atoms with van der Waals surface area (Å²) in [6.45, 7) is 1.84. The highest BCUT2D eigenvalue weighted by Gasteiger charge is 2.05. The van der Waals surface area contributed by atoms with E-state index in [9.17, 15) is 4.79 Å². The van der Waals surface area contributed by atoms with Crippen molar-refractivity contribution in [2.45, 2.75) is 6.92 Å². The van der Waals surface area contributed by atoms with Gasteiger partial charge in [-0.2, -0.15) is 0 Å². The Hall–Kier alpha value is -1.97. The van der Waals surface area contributed by atoms with Crippen LogP contribution in [-0.2, 0) is 9.53 Å². The van der Waals surface area contributed by atoms with Crippen molar-refractivity contribution in [2.75, 3.05) is 7.11 Å². The number of allylic oxidation sites excluding steroid dienone is 1. The Morgan fingerprint density at radius 3 is 2.36 bits per heavy atom. The molecule has 22 heavy (non-hydrogen) atoms. The average Bonchev–Trinajstić information content (AvgIpc) is 2.50. The number of hydrogen-bond donors (Lipinski definition) is 0. The van der Waals surface area contributed by atoms with Crippen LogP contribution in [0.2, 0.25) is 10.0 Å². The van der Waals surface area contributed by atoms with Crippen LogP contribution in [-0.4, -0.2) is 13.1 Å². The molecule has 0 fully saturated rings. The molecule has 0 amide bonds. The fraction of sp³-hybridized carbons (Fsp3) is 0.118. The van der Waals surface area contributed by atoms with E-state index >= 15 is 0 Å². The summed E-state index contributed by atoms with van der Waals surface area (Å²) in [7, 11) is 1.35. The van der Waals surface area contributed by atoms with E-state index < -0.39 is 0 Å². The second-order valence-corrected chi connectivity index (χ2v) is 5.40. The van der Waals surface area contributed by atoms with Crippen LogP contribution in [0.25, 0.3) is 5.57 Å². The highest BCUT2D eigenvalue weighted by atomic mass is 35.5. The zero-order valence-corrected chi connectivity index (χ0v) is 13.6. The first-order chi connectivity index (χ1) is 10.5. The predicted octanol–water partition coefficient (Wildman–Crippen LogP) is 5.36. The Bertz CT molecular complexity index is 706. The Labute approximate surface area is 139 Å². The number of carbonyl (C=O) groups excluding carboxylic acids is 1.